The molecule has 0 aromatic carbocycles. The molecule has 1 nitrogen and oxygen atoms in total. The quantitative estimate of drug-likeness (QED) is 0.692. The van der Waals surface area contributed by atoms with Crippen LogP contribution in [0.3, 0.4) is 0 Å². The highest BCUT2D eigenvalue weighted by Gasteiger charge is 2.34. The summed E-state index contributed by atoms with van der Waals surface area (Å²) >= 11 is 0. The highest BCUT2D eigenvalue weighted by molar-refractivity contribution is 4.85. The van der Waals surface area contributed by atoms with Gasteiger partial charge in [0.2, 0.25) is 0 Å². The Morgan fingerprint density at radius 3 is 2.39 bits per heavy atom. The first-order valence-corrected chi connectivity index (χ1v) is 8.30. The molecule has 18 heavy (non-hydrogen) atoms. The lowest BCUT2D eigenvalue weighted by molar-refractivity contribution is 0.0998. The van der Waals surface area contributed by atoms with Crippen LogP contribution in [0, 0.1) is 29.6 Å². The van der Waals surface area contributed by atoms with E-state index in [-0.39, 0.29) is 0 Å². The van der Waals surface area contributed by atoms with Gasteiger partial charge in [-0.05, 0) is 61.9 Å². The molecule has 0 aromatic rings. The van der Waals surface area contributed by atoms with Crippen molar-refractivity contribution >= 4 is 0 Å². The third-order valence-electron chi connectivity index (χ3n) is 5.16. The Morgan fingerprint density at radius 1 is 1.11 bits per heavy atom. The van der Waals surface area contributed by atoms with Gasteiger partial charge in [0.25, 0.3) is 0 Å². The first-order valence-electron chi connectivity index (χ1n) is 8.30. The van der Waals surface area contributed by atoms with Gasteiger partial charge in [-0.3, -0.25) is 0 Å². The fourth-order valence-corrected chi connectivity index (χ4v) is 3.86. The normalized spacial score (nSPS) is 30.7. The molecule has 108 valence electrons. The summed E-state index contributed by atoms with van der Waals surface area (Å²) in [4.78, 5) is 0. The lowest BCUT2D eigenvalue weighted by Crippen LogP contribution is -2.37. The maximum absolute atomic E-state index is 3.59. The van der Waals surface area contributed by atoms with Crippen molar-refractivity contribution in [2.75, 3.05) is 13.1 Å². The van der Waals surface area contributed by atoms with Crippen LogP contribution >= 0.6 is 0 Å². The minimum atomic E-state index is 0.876. The Hall–Kier alpha value is -0.0400. The van der Waals surface area contributed by atoms with Crippen molar-refractivity contribution in [1.82, 2.24) is 5.32 Å². The van der Waals surface area contributed by atoms with Gasteiger partial charge in [-0.2, -0.15) is 0 Å². The molecule has 1 N–H and O–H groups in total. The van der Waals surface area contributed by atoms with E-state index in [9.17, 15) is 0 Å². The van der Waals surface area contributed by atoms with Crippen molar-refractivity contribution in [3.63, 3.8) is 0 Å². The molecule has 0 amide bonds. The van der Waals surface area contributed by atoms with Crippen molar-refractivity contribution in [2.24, 2.45) is 29.6 Å². The van der Waals surface area contributed by atoms with Crippen LogP contribution in [0.15, 0.2) is 0 Å². The molecule has 0 aromatic heterocycles. The van der Waals surface area contributed by atoms with Crippen LogP contribution in [0.1, 0.15) is 66.7 Å². The summed E-state index contributed by atoms with van der Waals surface area (Å²) in [5.41, 5.74) is 0. The lowest BCUT2D eigenvalue weighted by Gasteiger charge is -2.41. The van der Waals surface area contributed by atoms with Crippen molar-refractivity contribution < 1.29 is 0 Å². The van der Waals surface area contributed by atoms with Gasteiger partial charge in [-0.25, -0.2) is 0 Å². The molecule has 1 heteroatoms. The minimum Gasteiger partial charge on any atom is -0.317 e. The van der Waals surface area contributed by atoms with Crippen molar-refractivity contribution in [1.29, 1.82) is 0 Å². The average molecular weight is 253 g/mol. The predicted molar refractivity (Wildman–Crippen MR) is 81.8 cm³/mol. The van der Waals surface area contributed by atoms with E-state index in [4.69, 9.17) is 0 Å². The molecule has 0 heterocycles. The Labute approximate surface area is 115 Å². The van der Waals surface area contributed by atoms with Crippen LogP contribution in [0.4, 0.5) is 0 Å². The number of hydrogen-bond acceptors (Lipinski definition) is 1. The number of nitrogens with one attached hydrogen (secondary N) is 1. The molecule has 4 unspecified atom stereocenters. The first kappa shape index (κ1) is 16.0. The molecule has 0 radical (unpaired) electrons. The predicted octanol–water partition coefficient (Wildman–Crippen LogP) is 4.72. The molecule has 0 aliphatic heterocycles. The molecule has 0 bridgehead atoms. The van der Waals surface area contributed by atoms with Gasteiger partial charge < -0.3 is 5.32 Å². The number of hydrogen-bond donors (Lipinski definition) is 1. The second-order valence-corrected chi connectivity index (χ2v) is 6.81. The molecule has 1 aliphatic rings. The molecular formula is C17H35N. The maximum Gasteiger partial charge on any atom is -0.00179 e. The van der Waals surface area contributed by atoms with E-state index in [0.29, 0.717) is 0 Å². The topological polar surface area (TPSA) is 12.0 Å². The Balaban J connectivity index is 2.60. The van der Waals surface area contributed by atoms with Crippen molar-refractivity contribution in [3.8, 4) is 0 Å². The zero-order chi connectivity index (χ0) is 13.5. The minimum absolute atomic E-state index is 0.876. The van der Waals surface area contributed by atoms with Gasteiger partial charge in [0.15, 0.2) is 0 Å². The monoisotopic (exact) mass is 253 g/mol. The van der Waals surface area contributed by atoms with E-state index in [1.165, 1.54) is 38.6 Å². The standard InChI is InChI=1S/C17H35N/c1-6-8-14(5)17-11-15(13(3)4)9-10-16(17)12-18-7-2/h13-18H,6-12H2,1-5H3. The molecule has 1 rings (SSSR count). The molecule has 0 saturated heterocycles. The lowest BCUT2D eigenvalue weighted by atomic mass is 9.66. The second kappa shape index (κ2) is 8.19. The molecular weight excluding hydrogens is 218 g/mol. The van der Waals surface area contributed by atoms with Crippen LogP contribution in [0.5, 0.6) is 0 Å². The van der Waals surface area contributed by atoms with Crippen LogP contribution in [-0.2, 0) is 0 Å². The zero-order valence-corrected chi connectivity index (χ0v) is 13.3. The third kappa shape index (κ3) is 4.57. The largest absolute Gasteiger partial charge is 0.317 e. The fraction of sp³-hybridized carbons (Fsp3) is 1.00. The van der Waals surface area contributed by atoms with Gasteiger partial charge in [0.05, 0.1) is 0 Å². The maximum atomic E-state index is 3.59. The van der Waals surface area contributed by atoms with E-state index < -0.39 is 0 Å². The SMILES string of the molecule is CCCC(C)C1CC(C(C)C)CCC1CNCC. The van der Waals surface area contributed by atoms with Gasteiger partial charge in [-0.1, -0.05) is 47.5 Å². The molecule has 4 atom stereocenters. The van der Waals surface area contributed by atoms with Gasteiger partial charge in [-0.15, -0.1) is 0 Å². The van der Waals surface area contributed by atoms with Gasteiger partial charge in [0, 0.05) is 0 Å². The average Bonchev–Trinajstić information content (AvgIpc) is 2.36. The molecule has 1 aliphatic carbocycles. The summed E-state index contributed by atoms with van der Waals surface area (Å²) in [5, 5.41) is 3.59. The van der Waals surface area contributed by atoms with E-state index >= 15 is 0 Å². The summed E-state index contributed by atoms with van der Waals surface area (Å²) in [6, 6.07) is 0. The third-order valence-corrected chi connectivity index (χ3v) is 5.16. The van der Waals surface area contributed by atoms with Crippen LogP contribution in [0.25, 0.3) is 0 Å². The summed E-state index contributed by atoms with van der Waals surface area (Å²) in [6.07, 6.45) is 7.16. The summed E-state index contributed by atoms with van der Waals surface area (Å²) in [5.74, 6) is 4.67. The summed E-state index contributed by atoms with van der Waals surface area (Å²) in [6.45, 7) is 14.3. The van der Waals surface area contributed by atoms with Crippen LogP contribution in [0.2, 0.25) is 0 Å². The molecule has 1 saturated carbocycles. The van der Waals surface area contributed by atoms with E-state index in [0.717, 1.165) is 36.1 Å². The summed E-state index contributed by atoms with van der Waals surface area (Å²) < 4.78 is 0. The highest BCUT2D eigenvalue weighted by Crippen LogP contribution is 2.42. The van der Waals surface area contributed by atoms with Crippen molar-refractivity contribution in [3.05, 3.63) is 0 Å². The van der Waals surface area contributed by atoms with E-state index in [2.05, 4.69) is 39.9 Å². The zero-order valence-electron chi connectivity index (χ0n) is 13.3. The highest BCUT2D eigenvalue weighted by atomic mass is 14.8. The Morgan fingerprint density at radius 2 is 1.83 bits per heavy atom. The fourth-order valence-electron chi connectivity index (χ4n) is 3.86. The van der Waals surface area contributed by atoms with E-state index in [1.54, 1.807) is 0 Å². The van der Waals surface area contributed by atoms with E-state index in [1.807, 2.05) is 0 Å². The van der Waals surface area contributed by atoms with Crippen LogP contribution in [-0.4, -0.2) is 13.1 Å². The Kier molecular flexibility index (Phi) is 7.29. The molecule has 1 fully saturated rings. The van der Waals surface area contributed by atoms with Crippen LogP contribution < -0.4 is 5.32 Å². The Bertz CT molecular complexity index is 212. The van der Waals surface area contributed by atoms with Gasteiger partial charge >= 0.3 is 0 Å². The smallest absolute Gasteiger partial charge is 0.00179 e. The summed E-state index contributed by atoms with van der Waals surface area (Å²) in [7, 11) is 0. The number of rotatable bonds is 7. The second-order valence-electron chi connectivity index (χ2n) is 6.81. The van der Waals surface area contributed by atoms with Crippen molar-refractivity contribution in [2.45, 2.75) is 66.7 Å². The first-order chi connectivity index (χ1) is 8.60. The van der Waals surface area contributed by atoms with Gasteiger partial charge in [0.1, 0.15) is 0 Å². The molecule has 0 spiro atoms.